The average Bonchev–Trinajstić information content (AvgIpc) is 0.827. The highest BCUT2D eigenvalue weighted by molar-refractivity contribution is 5.05. The second-order valence-electron chi connectivity index (χ2n) is 38.4. The van der Waals surface area contributed by atoms with Crippen LogP contribution in [0.3, 0.4) is 0 Å². The lowest BCUT2D eigenvalue weighted by molar-refractivity contribution is -0.0332. The van der Waals surface area contributed by atoms with Gasteiger partial charge in [-0.15, -0.1) is 0 Å². The third kappa shape index (κ3) is 20.1. The second kappa shape index (κ2) is 35.0. The molecule has 0 spiro atoms. The van der Waals surface area contributed by atoms with Crippen LogP contribution in [-0.2, 0) is 4.74 Å². The third-order valence-corrected chi connectivity index (χ3v) is 27.8. The molecular weight excluding hydrogens is 1180 g/mol. The second-order valence-corrected chi connectivity index (χ2v) is 38.4. The standard InChI is InChI=1S/C12H24N2.C10H20N2.C10H19N.C9H18N2.C9H17N.C8H16N2.C8H15NO.2C8H15N/c1-10(2)14-8-11(3)5-12(4,9-14)7-13-6-11;1-9(2)12-8-7-11-5-3-10(12)4-6-11;1-8(2)11-6-9-3-4-10(5-9)7-11;1-7(2)11-8-3-4-9(11)6-10-5-8;1-7(2)10-8-3-4-9(10)6-5-8;1-6(2)10-5-7-3-8(10)4-9-7;1-6(2)9-4-8-3-7(9)5-10-8;1-5(2)7-3-6-4-8(7)9-6;1-6(2)9-7-3-4-8(9)5-7/h10,13H,5-9H2,1-4H3;9-10H,3-8H2,1-2H3;8-10H,3-7H2,1-2H3;7-10H,3-6H2,1-2H3;7-9H,3-6H2,1-2H3;6-9H,3-5H2,1-2H3;6-8H,3-5H2,1-2H3;5-9H,3-4H2,1-2H3;6-8H,3-5H2,1-2H3. The SMILES string of the molecule is CC(C)C1CC2CC1N2.CC(C)N1C2CCC1C2.CC(C)N1C2CCC1CC2.CC(C)N1C2CCC1CNC2.CC(C)N1CC2(C)CNCC(C)(C1)C2.CC(C)N1CC2CC1CN2.CC(C)N1CC2CC1CO2.CC(C)N1CC2CCC(C2)C1.CC(C)N1CCN2CCC1CC2. The number of hydrogen-bond acceptors (Lipinski definition) is 14. The van der Waals surface area contributed by atoms with Crippen LogP contribution in [-0.4, -0.2) is 276 Å². The van der Waals surface area contributed by atoms with Crippen LogP contribution in [0.5, 0.6) is 0 Å². The van der Waals surface area contributed by atoms with Crippen molar-refractivity contribution in [3.8, 4) is 0 Å². The van der Waals surface area contributed by atoms with Crippen LogP contribution in [0.4, 0.5) is 0 Å². The Morgan fingerprint density at radius 1 is 0.375 bits per heavy atom. The number of hydrogen-bond donors (Lipinski definition) is 4. The van der Waals surface area contributed by atoms with Crippen molar-refractivity contribution in [2.45, 2.75) is 387 Å². The van der Waals surface area contributed by atoms with Crippen LogP contribution in [0.2, 0.25) is 0 Å². The molecule has 3 aliphatic carbocycles. The molecule has 0 amide bonds. The molecule has 0 aromatic heterocycles. The van der Waals surface area contributed by atoms with Crippen molar-refractivity contribution < 1.29 is 4.74 Å². The predicted octanol–water partition coefficient (Wildman–Crippen LogP) is 12.2. The lowest BCUT2D eigenvalue weighted by Gasteiger charge is -2.55. The smallest absolute Gasteiger partial charge is 0.0718 e. The van der Waals surface area contributed by atoms with Gasteiger partial charge in [0.1, 0.15) is 0 Å². The number of piperidine rings is 4. The zero-order valence-corrected chi connectivity index (χ0v) is 66.6. The molecule has 0 aromatic rings. The quantitative estimate of drug-likeness (QED) is 0.177. The lowest BCUT2D eigenvalue weighted by Crippen LogP contribution is -2.62. The van der Waals surface area contributed by atoms with Crippen LogP contribution in [0.25, 0.3) is 0 Å². The van der Waals surface area contributed by atoms with Gasteiger partial charge in [-0.1, -0.05) is 27.7 Å². The van der Waals surface area contributed by atoms with Crippen LogP contribution < -0.4 is 21.3 Å². The number of piperazine rings is 2. The van der Waals surface area contributed by atoms with E-state index in [1.54, 1.807) is 0 Å². The molecule has 18 aliphatic heterocycles. The van der Waals surface area contributed by atoms with Crippen molar-refractivity contribution >= 4 is 0 Å². The lowest BCUT2D eigenvalue weighted by atomic mass is 9.66. The first-order chi connectivity index (χ1) is 45.6. The molecule has 15 unspecified atom stereocenters. The number of rotatable bonds is 9. The molecule has 0 radical (unpaired) electrons. The summed E-state index contributed by atoms with van der Waals surface area (Å²) < 4.78 is 5.49. The summed E-state index contributed by atoms with van der Waals surface area (Å²) in [5.41, 5.74) is 1.02. The predicted molar refractivity (Wildman–Crippen MR) is 408 cm³/mol. The summed E-state index contributed by atoms with van der Waals surface area (Å²) in [5, 5.41) is 14.1. The van der Waals surface area contributed by atoms with Gasteiger partial charge in [-0.25, -0.2) is 0 Å². The molecule has 18 bridgehead atoms. The van der Waals surface area contributed by atoms with E-state index in [9.17, 15) is 0 Å². The summed E-state index contributed by atoms with van der Waals surface area (Å²) in [6.45, 7) is 66.6. The zero-order valence-electron chi connectivity index (χ0n) is 66.6. The highest BCUT2D eigenvalue weighted by atomic mass is 16.5. The monoisotopic (exact) mass is 1340 g/mol. The largest absolute Gasteiger partial charge is 0.375 e. The van der Waals surface area contributed by atoms with E-state index in [0.29, 0.717) is 29.0 Å². The van der Waals surface area contributed by atoms with Crippen LogP contribution in [0, 0.1) is 34.5 Å². The number of ether oxygens (including phenoxy) is 1. The number of fused-ring (bicyclic) bond motifs is 18. The Morgan fingerprint density at radius 2 is 0.875 bits per heavy atom. The van der Waals surface area contributed by atoms with Gasteiger partial charge in [0.15, 0.2) is 0 Å². The molecule has 21 fully saturated rings. The minimum atomic E-state index is 0.509. The molecule has 15 atom stereocenters. The van der Waals surface area contributed by atoms with Crippen molar-refractivity contribution in [3.63, 3.8) is 0 Å². The fourth-order valence-corrected chi connectivity index (χ4v) is 23.2. The topological polar surface area (TPSA) is 86.5 Å². The molecule has 558 valence electrons. The molecule has 0 aromatic carbocycles. The van der Waals surface area contributed by atoms with Crippen molar-refractivity contribution in [2.24, 2.45) is 34.5 Å². The average molecular weight is 1340 g/mol. The van der Waals surface area contributed by atoms with E-state index < -0.39 is 0 Å². The van der Waals surface area contributed by atoms with Gasteiger partial charge >= 0.3 is 0 Å². The Kier molecular flexibility index (Phi) is 28.5. The van der Waals surface area contributed by atoms with Gasteiger partial charge in [0.2, 0.25) is 0 Å². The van der Waals surface area contributed by atoms with E-state index in [0.717, 1.165) is 139 Å². The minimum absolute atomic E-state index is 0.509. The van der Waals surface area contributed by atoms with Gasteiger partial charge < -0.3 is 35.8 Å². The van der Waals surface area contributed by atoms with Gasteiger partial charge in [0.25, 0.3) is 0 Å². The van der Waals surface area contributed by atoms with Gasteiger partial charge in [-0.05, 0) is 280 Å². The van der Waals surface area contributed by atoms with Gasteiger partial charge in [0, 0.05) is 206 Å². The zero-order chi connectivity index (χ0) is 68.9. The highest BCUT2D eigenvalue weighted by Crippen LogP contribution is 2.45. The molecule has 14 nitrogen and oxygen atoms in total. The normalized spacial score (nSPS) is 40.8. The van der Waals surface area contributed by atoms with Crippen LogP contribution >= 0.6 is 0 Å². The molecule has 4 N–H and O–H groups in total. The number of morpholine rings is 1. The molecule has 18 heterocycles. The highest BCUT2D eigenvalue weighted by Gasteiger charge is 2.49. The first-order valence-corrected chi connectivity index (χ1v) is 42.0. The summed E-state index contributed by atoms with van der Waals surface area (Å²) >= 11 is 0. The first-order valence-electron chi connectivity index (χ1n) is 42.0. The molecule has 18 saturated heterocycles. The molecule has 21 aliphatic rings. The Hall–Kier alpha value is -0.560. The van der Waals surface area contributed by atoms with Crippen molar-refractivity contribution in [3.05, 3.63) is 0 Å². The minimum Gasteiger partial charge on any atom is -0.375 e. The molecule has 21 rings (SSSR count). The molecular formula is C82H159N13O. The Bertz CT molecular complexity index is 2140. The van der Waals surface area contributed by atoms with Gasteiger partial charge in [-0.2, -0.15) is 0 Å². The van der Waals surface area contributed by atoms with Gasteiger partial charge in [0.05, 0.1) is 12.7 Å². The summed E-state index contributed by atoms with van der Waals surface area (Å²) in [4.78, 5) is 23.9. The maximum atomic E-state index is 5.49. The van der Waals surface area contributed by atoms with E-state index in [1.807, 2.05) is 0 Å². The number of nitrogens with one attached hydrogen (secondary N) is 4. The fourth-order valence-electron chi connectivity index (χ4n) is 23.2. The van der Waals surface area contributed by atoms with E-state index in [1.165, 1.54) is 220 Å². The third-order valence-electron chi connectivity index (χ3n) is 27.8. The van der Waals surface area contributed by atoms with Crippen LogP contribution in [0.1, 0.15) is 260 Å². The maximum Gasteiger partial charge on any atom is 0.0718 e. The number of likely N-dealkylation sites (tertiary alicyclic amines) is 4. The number of nitrogens with zero attached hydrogens (tertiary/aromatic N) is 9. The van der Waals surface area contributed by atoms with E-state index in [4.69, 9.17) is 4.74 Å². The Balaban J connectivity index is 0.000000118. The fraction of sp³-hybridized carbons (Fsp3) is 1.00. The first kappa shape index (κ1) is 78.0. The summed E-state index contributed by atoms with van der Waals surface area (Å²) in [7, 11) is 0. The Labute approximate surface area is 593 Å². The van der Waals surface area contributed by atoms with Crippen molar-refractivity contribution in [1.82, 2.24) is 65.4 Å². The Morgan fingerprint density at radius 3 is 1.23 bits per heavy atom. The van der Waals surface area contributed by atoms with Crippen LogP contribution in [0.15, 0.2) is 0 Å². The summed E-state index contributed by atoms with van der Waals surface area (Å²) in [5.74, 6) is 4.00. The molecule has 14 heteroatoms. The summed E-state index contributed by atoms with van der Waals surface area (Å²) in [6, 6.07) is 16.7. The van der Waals surface area contributed by atoms with E-state index in [2.05, 4.69) is 204 Å². The van der Waals surface area contributed by atoms with Crippen molar-refractivity contribution in [1.29, 1.82) is 0 Å². The van der Waals surface area contributed by atoms with Gasteiger partial charge in [-0.3, -0.25) is 34.3 Å². The molecule has 3 saturated carbocycles. The van der Waals surface area contributed by atoms with E-state index >= 15 is 0 Å². The molecule has 96 heavy (non-hydrogen) atoms. The summed E-state index contributed by atoms with van der Waals surface area (Å²) in [6.07, 6.45) is 28.1. The maximum absolute atomic E-state index is 5.49. The van der Waals surface area contributed by atoms with E-state index in [-0.39, 0.29) is 0 Å². The van der Waals surface area contributed by atoms with Crippen molar-refractivity contribution in [2.75, 3.05) is 105 Å².